The molecule has 2 N–H and O–H groups in total. The number of rotatable bonds is 9. The van der Waals surface area contributed by atoms with Crippen LogP contribution in [0.2, 0.25) is 0 Å². The zero-order valence-electron chi connectivity index (χ0n) is 14.7. The molecule has 0 amide bonds. The lowest BCUT2D eigenvalue weighted by Gasteiger charge is -2.20. The van der Waals surface area contributed by atoms with Crippen LogP contribution in [0.5, 0.6) is 17.2 Å². The van der Waals surface area contributed by atoms with Crippen molar-refractivity contribution in [1.29, 1.82) is 0 Å². The summed E-state index contributed by atoms with van der Waals surface area (Å²) in [7, 11) is 1.69. The second-order valence-corrected chi connectivity index (χ2v) is 5.51. The maximum absolute atomic E-state index is 6.06. The highest BCUT2D eigenvalue weighted by atomic mass is 16.5. The summed E-state index contributed by atoms with van der Waals surface area (Å²) in [4.78, 5) is 0. The molecule has 2 aromatic rings. The third kappa shape index (κ3) is 4.42. The molecule has 0 spiro atoms. The first-order valence-electron chi connectivity index (χ1n) is 8.44. The van der Waals surface area contributed by atoms with Crippen LogP contribution in [-0.2, 0) is 6.42 Å². The number of hydrogen-bond acceptors (Lipinski definition) is 4. The lowest BCUT2D eigenvalue weighted by Crippen LogP contribution is -2.16. The number of benzene rings is 2. The molecule has 0 aliphatic carbocycles. The Morgan fingerprint density at radius 3 is 2.38 bits per heavy atom. The molecule has 0 bridgehead atoms. The maximum atomic E-state index is 6.06. The predicted molar refractivity (Wildman–Crippen MR) is 97.3 cm³/mol. The molecule has 0 aliphatic rings. The van der Waals surface area contributed by atoms with Crippen molar-refractivity contribution in [2.24, 2.45) is 5.73 Å². The van der Waals surface area contributed by atoms with Gasteiger partial charge in [0, 0.05) is 12.0 Å². The third-order valence-corrected chi connectivity index (χ3v) is 3.98. The van der Waals surface area contributed by atoms with Crippen LogP contribution >= 0.6 is 0 Å². The van der Waals surface area contributed by atoms with E-state index in [1.807, 2.05) is 44.2 Å². The molecule has 0 saturated carbocycles. The van der Waals surface area contributed by atoms with Gasteiger partial charge in [-0.25, -0.2) is 0 Å². The Kier molecular flexibility index (Phi) is 6.94. The van der Waals surface area contributed by atoms with E-state index >= 15 is 0 Å². The second-order valence-electron chi connectivity index (χ2n) is 5.51. The van der Waals surface area contributed by atoms with Gasteiger partial charge >= 0.3 is 0 Å². The van der Waals surface area contributed by atoms with Gasteiger partial charge in [0.25, 0.3) is 0 Å². The molecule has 0 aromatic heterocycles. The van der Waals surface area contributed by atoms with Gasteiger partial charge in [-0.1, -0.05) is 24.3 Å². The summed E-state index contributed by atoms with van der Waals surface area (Å²) in [5.41, 5.74) is 8.31. The van der Waals surface area contributed by atoms with E-state index in [1.54, 1.807) is 7.11 Å². The lowest BCUT2D eigenvalue weighted by molar-refractivity contribution is 0.320. The number of nitrogens with two attached hydrogens (primary N) is 1. The normalized spacial score (nSPS) is 11.8. The van der Waals surface area contributed by atoms with Gasteiger partial charge in [-0.3, -0.25) is 0 Å². The molecule has 130 valence electrons. The second kappa shape index (κ2) is 9.18. The van der Waals surface area contributed by atoms with Crippen LogP contribution in [0.1, 0.15) is 30.9 Å². The van der Waals surface area contributed by atoms with Gasteiger partial charge in [-0.15, -0.1) is 0 Å². The predicted octanol–water partition coefficient (Wildman–Crippen LogP) is 3.78. The minimum Gasteiger partial charge on any atom is -0.496 e. The fraction of sp³-hybridized carbons (Fsp3) is 0.400. The third-order valence-electron chi connectivity index (χ3n) is 3.98. The van der Waals surface area contributed by atoms with Crippen LogP contribution in [0.4, 0.5) is 0 Å². The molecule has 0 radical (unpaired) electrons. The molecule has 24 heavy (non-hydrogen) atoms. The highest BCUT2D eigenvalue weighted by Crippen LogP contribution is 2.33. The van der Waals surface area contributed by atoms with Crippen LogP contribution in [0.3, 0.4) is 0 Å². The largest absolute Gasteiger partial charge is 0.496 e. The average Bonchev–Trinajstić information content (AvgIpc) is 2.61. The van der Waals surface area contributed by atoms with Crippen molar-refractivity contribution >= 4 is 0 Å². The van der Waals surface area contributed by atoms with Gasteiger partial charge in [0.05, 0.1) is 20.3 Å². The molecule has 0 heterocycles. The van der Waals surface area contributed by atoms with Crippen LogP contribution in [0, 0.1) is 0 Å². The Labute approximate surface area is 144 Å². The van der Waals surface area contributed by atoms with E-state index in [1.165, 1.54) is 0 Å². The molecule has 2 rings (SSSR count). The number of para-hydroxylation sites is 1. The van der Waals surface area contributed by atoms with Crippen molar-refractivity contribution in [3.63, 3.8) is 0 Å². The van der Waals surface area contributed by atoms with Gasteiger partial charge in [0.1, 0.15) is 17.2 Å². The van der Waals surface area contributed by atoms with E-state index in [9.17, 15) is 0 Å². The fourth-order valence-electron chi connectivity index (χ4n) is 2.84. The Balaban J connectivity index is 2.29. The van der Waals surface area contributed by atoms with Gasteiger partial charge in [0.15, 0.2) is 0 Å². The van der Waals surface area contributed by atoms with E-state index < -0.39 is 0 Å². The molecule has 2 aromatic carbocycles. The zero-order valence-corrected chi connectivity index (χ0v) is 14.7. The van der Waals surface area contributed by atoms with E-state index in [4.69, 9.17) is 19.9 Å². The number of methoxy groups -OCH3 is 1. The van der Waals surface area contributed by atoms with Crippen molar-refractivity contribution in [3.05, 3.63) is 53.6 Å². The van der Waals surface area contributed by atoms with Crippen LogP contribution in [-0.4, -0.2) is 26.9 Å². The first kappa shape index (κ1) is 18.1. The maximum Gasteiger partial charge on any atom is 0.126 e. The van der Waals surface area contributed by atoms with Crippen LogP contribution in [0.25, 0.3) is 0 Å². The molecule has 4 nitrogen and oxygen atoms in total. The standard InChI is InChI=1S/C20H27NO3/c1-4-23-17-11-10-15(20(13-17)24-5-2)12-16(14-21)18-8-6-7-9-19(18)22-3/h6-11,13,16H,4-5,12,14,21H2,1-3H3. The number of hydrogen-bond donors (Lipinski definition) is 1. The highest BCUT2D eigenvalue weighted by Gasteiger charge is 2.17. The molecule has 1 unspecified atom stereocenters. The van der Waals surface area contributed by atoms with Gasteiger partial charge in [-0.2, -0.15) is 0 Å². The summed E-state index contributed by atoms with van der Waals surface area (Å²) < 4.78 is 16.9. The summed E-state index contributed by atoms with van der Waals surface area (Å²) in [6.45, 7) is 5.75. The van der Waals surface area contributed by atoms with Gasteiger partial charge in [0.2, 0.25) is 0 Å². The first-order valence-corrected chi connectivity index (χ1v) is 8.44. The van der Waals surface area contributed by atoms with E-state index in [-0.39, 0.29) is 5.92 Å². The van der Waals surface area contributed by atoms with Gasteiger partial charge in [-0.05, 0) is 50.1 Å². The van der Waals surface area contributed by atoms with Crippen LogP contribution in [0.15, 0.2) is 42.5 Å². The van der Waals surface area contributed by atoms with Crippen molar-refractivity contribution < 1.29 is 14.2 Å². The SMILES string of the molecule is CCOc1ccc(CC(CN)c2ccccc2OC)c(OCC)c1. The molecule has 0 saturated heterocycles. The van der Waals surface area contributed by atoms with Crippen molar-refractivity contribution in [3.8, 4) is 17.2 Å². The monoisotopic (exact) mass is 329 g/mol. The zero-order chi connectivity index (χ0) is 17.4. The Hall–Kier alpha value is -2.20. The first-order chi connectivity index (χ1) is 11.7. The van der Waals surface area contributed by atoms with Crippen molar-refractivity contribution in [2.45, 2.75) is 26.2 Å². The van der Waals surface area contributed by atoms with Crippen molar-refractivity contribution in [1.82, 2.24) is 0 Å². The summed E-state index contributed by atoms with van der Waals surface area (Å²) >= 11 is 0. The Morgan fingerprint density at radius 1 is 0.958 bits per heavy atom. The van der Waals surface area contributed by atoms with Crippen molar-refractivity contribution in [2.75, 3.05) is 26.9 Å². The smallest absolute Gasteiger partial charge is 0.126 e. The fourth-order valence-corrected chi connectivity index (χ4v) is 2.84. The average molecular weight is 329 g/mol. The Bertz CT molecular complexity index is 643. The topological polar surface area (TPSA) is 53.7 Å². The lowest BCUT2D eigenvalue weighted by atomic mass is 9.91. The molecule has 0 aliphatic heterocycles. The van der Waals surface area contributed by atoms with Gasteiger partial charge < -0.3 is 19.9 Å². The quantitative estimate of drug-likeness (QED) is 0.761. The summed E-state index contributed by atoms with van der Waals surface area (Å²) in [5.74, 6) is 2.72. The minimum atomic E-state index is 0.165. The molecule has 4 heteroatoms. The Morgan fingerprint density at radius 2 is 1.71 bits per heavy atom. The summed E-state index contributed by atoms with van der Waals surface area (Å²) in [5, 5.41) is 0. The molecular formula is C20H27NO3. The highest BCUT2D eigenvalue weighted by molar-refractivity contribution is 5.43. The van der Waals surface area contributed by atoms with Crippen LogP contribution < -0.4 is 19.9 Å². The molecule has 0 fully saturated rings. The minimum absolute atomic E-state index is 0.165. The van der Waals surface area contributed by atoms with E-state index in [0.717, 1.165) is 34.8 Å². The van der Waals surface area contributed by atoms with E-state index in [0.29, 0.717) is 19.8 Å². The molecule has 1 atom stereocenters. The summed E-state index contributed by atoms with van der Waals surface area (Å²) in [6.07, 6.45) is 0.790. The van der Waals surface area contributed by atoms with E-state index in [2.05, 4.69) is 12.1 Å². The molecular weight excluding hydrogens is 302 g/mol. The summed E-state index contributed by atoms with van der Waals surface area (Å²) in [6, 6.07) is 14.0. The number of ether oxygens (including phenoxy) is 3.